The number of nitrogens with two attached hydrogens (primary N) is 1. The van der Waals surface area contributed by atoms with Gasteiger partial charge in [0, 0.05) is 11.0 Å². The summed E-state index contributed by atoms with van der Waals surface area (Å²) in [5.74, 6) is -0.101. The number of carbonyl (C=O) groups excluding carboxylic acids is 2. The molecule has 2 N–H and O–H groups in total. The molecule has 0 spiro atoms. The summed E-state index contributed by atoms with van der Waals surface area (Å²) in [6.45, 7) is 7.32. The SMILES string of the molecule is CCOC(=O)COc1cc(C(=O)C(C)(C)C)c2nc(N)sc2c1. The lowest BCUT2D eigenvalue weighted by Gasteiger charge is -2.17. The fraction of sp³-hybridized carbons (Fsp3) is 0.438. The van der Waals surface area contributed by atoms with Crippen LogP contribution in [-0.2, 0) is 9.53 Å². The normalized spacial score (nSPS) is 11.5. The van der Waals surface area contributed by atoms with Crippen LogP contribution in [0, 0.1) is 5.41 Å². The number of anilines is 1. The molecule has 0 fully saturated rings. The molecule has 6 nitrogen and oxygen atoms in total. The van der Waals surface area contributed by atoms with E-state index in [1.54, 1.807) is 19.1 Å². The zero-order valence-electron chi connectivity index (χ0n) is 13.6. The van der Waals surface area contributed by atoms with Crippen LogP contribution in [0.15, 0.2) is 12.1 Å². The quantitative estimate of drug-likeness (QED) is 0.666. The fourth-order valence-corrected chi connectivity index (χ4v) is 2.82. The second-order valence-electron chi connectivity index (χ2n) is 6.04. The molecule has 0 atom stereocenters. The summed E-state index contributed by atoms with van der Waals surface area (Å²) >= 11 is 1.27. The fourth-order valence-electron chi connectivity index (χ4n) is 2.03. The molecule has 2 aromatic rings. The van der Waals surface area contributed by atoms with Gasteiger partial charge in [0.15, 0.2) is 17.5 Å². The van der Waals surface area contributed by atoms with Crippen LogP contribution in [0.2, 0.25) is 0 Å². The second-order valence-corrected chi connectivity index (χ2v) is 7.10. The van der Waals surface area contributed by atoms with Gasteiger partial charge in [-0.2, -0.15) is 0 Å². The van der Waals surface area contributed by atoms with Gasteiger partial charge in [0.1, 0.15) is 5.75 Å². The number of hydrogen-bond acceptors (Lipinski definition) is 7. The molecule has 1 heterocycles. The van der Waals surface area contributed by atoms with Crippen LogP contribution in [0.1, 0.15) is 38.1 Å². The summed E-state index contributed by atoms with van der Waals surface area (Å²) in [6.07, 6.45) is 0. The molecule has 1 aromatic heterocycles. The van der Waals surface area contributed by atoms with E-state index < -0.39 is 11.4 Å². The zero-order valence-corrected chi connectivity index (χ0v) is 14.5. The number of aromatic nitrogens is 1. The molecule has 0 saturated carbocycles. The Morgan fingerprint density at radius 3 is 2.61 bits per heavy atom. The Balaban J connectivity index is 2.40. The predicted octanol–water partition coefficient (Wildman–Crippen LogP) is 3.05. The molecule has 0 saturated heterocycles. The maximum absolute atomic E-state index is 12.7. The van der Waals surface area contributed by atoms with Gasteiger partial charge in [0.25, 0.3) is 0 Å². The standard InChI is InChI=1S/C16H20N2O4S/c1-5-21-12(19)8-22-9-6-10(14(20)16(2,3)4)13-11(7-9)23-15(17)18-13/h6-7H,5,8H2,1-4H3,(H2,17,18). The number of ether oxygens (including phenoxy) is 2. The second kappa shape index (κ2) is 6.54. The first-order chi connectivity index (χ1) is 10.7. The van der Waals surface area contributed by atoms with Crippen LogP contribution in [0.3, 0.4) is 0 Å². The molecule has 0 aliphatic rings. The molecule has 7 heteroatoms. The molecule has 23 heavy (non-hydrogen) atoms. The van der Waals surface area contributed by atoms with Crippen molar-refractivity contribution in [3.05, 3.63) is 17.7 Å². The van der Waals surface area contributed by atoms with E-state index in [0.717, 1.165) is 4.70 Å². The van der Waals surface area contributed by atoms with Crippen molar-refractivity contribution < 1.29 is 19.1 Å². The third kappa shape index (κ3) is 3.98. The molecule has 0 amide bonds. The van der Waals surface area contributed by atoms with Gasteiger partial charge in [-0.05, 0) is 19.1 Å². The molecule has 0 unspecified atom stereocenters. The van der Waals surface area contributed by atoms with Crippen molar-refractivity contribution in [2.24, 2.45) is 5.41 Å². The Morgan fingerprint density at radius 2 is 2.00 bits per heavy atom. The van der Waals surface area contributed by atoms with Crippen molar-refractivity contribution in [2.45, 2.75) is 27.7 Å². The van der Waals surface area contributed by atoms with Crippen molar-refractivity contribution in [1.29, 1.82) is 0 Å². The van der Waals surface area contributed by atoms with Crippen LogP contribution in [0.4, 0.5) is 5.13 Å². The number of esters is 1. The first-order valence-corrected chi connectivity index (χ1v) is 8.07. The highest BCUT2D eigenvalue weighted by Gasteiger charge is 2.26. The van der Waals surface area contributed by atoms with Crippen LogP contribution < -0.4 is 10.5 Å². The number of hydrogen-bond donors (Lipinski definition) is 1. The number of rotatable bonds is 5. The maximum atomic E-state index is 12.7. The number of carbonyl (C=O) groups is 2. The Labute approximate surface area is 138 Å². The smallest absolute Gasteiger partial charge is 0.344 e. The molecule has 0 bridgehead atoms. The number of Topliss-reactive ketones (excluding diaryl/α,β-unsaturated/α-hetero) is 1. The summed E-state index contributed by atoms with van der Waals surface area (Å²) in [6, 6.07) is 3.33. The van der Waals surface area contributed by atoms with Crippen molar-refractivity contribution in [3.8, 4) is 5.75 Å². The molecule has 1 aromatic carbocycles. The minimum absolute atomic E-state index is 0.0608. The topological polar surface area (TPSA) is 91.5 Å². The maximum Gasteiger partial charge on any atom is 0.344 e. The highest BCUT2D eigenvalue weighted by molar-refractivity contribution is 7.22. The van der Waals surface area contributed by atoms with Crippen LogP contribution >= 0.6 is 11.3 Å². The van der Waals surface area contributed by atoms with Gasteiger partial charge in [0.05, 0.1) is 16.8 Å². The van der Waals surface area contributed by atoms with E-state index in [-0.39, 0.29) is 12.4 Å². The summed E-state index contributed by atoms with van der Waals surface area (Å²) in [5.41, 5.74) is 6.21. The lowest BCUT2D eigenvalue weighted by Crippen LogP contribution is -2.21. The third-order valence-corrected chi connectivity index (χ3v) is 3.90. The number of nitrogens with zero attached hydrogens (tertiary/aromatic N) is 1. The predicted molar refractivity (Wildman–Crippen MR) is 89.9 cm³/mol. The summed E-state index contributed by atoms with van der Waals surface area (Å²) in [7, 11) is 0. The van der Waals surface area contributed by atoms with Gasteiger partial charge in [-0.3, -0.25) is 4.79 Å². The number of thiazole rings is 1. The van der Waals surface area contributed by atoms with Crippen LogP contribution in [0.25, 0.3) is 10.2 Å². The molecular formula is C16H20N2O4S. The van der Waals surface area contributed by atoms with E-state index in [1.807, 2.05) is 20.8 Å². The number of fused-ring (bicyclic) bond motifs is 1. The zero-order chi connectivity index (χ0) is 17.2. The van der Waals surface area contributed by atoms with E-state index >= 15 is 0 Å². The summed E-state index contributed by atoms with van der Waals surface area (Å²) in [4.78, 5) is 28.3. The molecule has 2 rings (SSSR count). The number of ketones is 1. The molecule has 0 radical (unpaired) electrons. The van der Waals surface area contributed by atoms with E-state index in [4.69, 9.17) is 15.2 Å². The Morgan fingerprint density at radius 1 is 1.30 bits per heavy atom. The number of benzene rings is 1. The number of nitrogen functional groups attached to an aromatic ring is 1. The van der Waals surface area contributed by atoms with E-state index in [1.165, 1.54) is 11.3 Å². The average Bonchev–Trinajstić information content (AvgIpc) is 2.83. The Kier molecular flexibility index (Phi) is 4.89. The van der Waals surface area contributed by atoms with Gasteiger partial charge >= 0.3 is 5.97 Å². The van der Waals surface area contributed by atoms with Crippen molar-refractivity contribution in [1.82, 2.24) is 4.98 Å². The largest absolute Gasteiger partial charge is 0.482 e. The van der Waals surface area contributed by atoms with E-state index in [0.29, 0.717) is 28.6 Å². The highest BCUT2D eigenvalue weighted by Crippen LogP contribution is 2.34. The van der Waals surface area contributed by atoms with Gasteiger partial charge in [0.2, 0.25) is 0 Å². The van der Waals surface area contributed by atoms with Crippen molar-refractivity contribution in [3.63, 3.8) is 0 Å². The highest BCUT2D eigenvalue weighted by atomic mass is 32.1. The van der Waals surface area contributed by atoms with Crippen molar-refractivity contribution >= 4 is 38.4 Å². The van der Waals surface area contributed by atoms with E-state index in [2.05, 4.69) is 4.98 Å². The van der Waals surface area contributed by atoms with Crippen molar-refractivity contribution in [2.75, 3.05) is 18.9 Å². The Bertz CT molecular complexity index is 746. The summed E-state index contributed by atoms with van der Waals surface area (Å²) in [5, 5.41) is 0.380. The molecule has 0 aliphatic carbocycles. The van der Waals surface area contributed by atoms with Gasteiger partial charge < -0.3 is 15.2 Å². The minimum atomic E-state index is -0.564. The van der Waals surface area contributed by atoms with Gasteiger partial charge in [-0.25, -0.2) is 9.78 Å². The average molecular weight is 336 g/mol. The lowest BCUT2D eigenvalue weighted by molar-refractivity contribution is -0.145. The third-order valence-electron chi connectivity index (χ3n) is 3.07. The molecule has 0 aliphatic heterocycles. The monoisotopic (exact) mass is 336 g/mol. The van der Waals surface area contributed by atoms with Crippen LogP contribution in [-0.4, -0.2) is 30.0 Å². The molecular weight excluding hydrogens is 316 g/mol. The Hall–Kier alpha value is -2.15. The van der Waals surface area contributed by atoms with Crippen LogP contribution in [0.5, 0.6) is 5.75 Å². The lowest BCUT2D eigenvalue weighted by atomic mass is 9.86. The minimum Gasteiger partial charge on any atom is -0.482 e. The van der Waals surface area contributed by atoms with Gasteiger partial charge in [-0.1, -0.05) is 32.1 Å². The summed E-state index contributed by atoms with van der Waals surface area (Å²) < 4.78 is 11.0. The first kappa shape index (κ1) is 17.2. The first-order valence-electron chi connectivity index (χ1n) is 7.25. The van der Waals surface area contributed by atoms with E-state index in [9.17, 15) is 9.59 Å². The van der Waals surface area contributed by atoms with Gasteiger partial charge in [-0.15, -0.1) is 0 Å². The molecule has 124 valence electrons.